The van der Waals surface area contributed by atoms with Crippen molar-refractivity contribution < 1.29 is 19.0 Å². The van der Waals surface area contributed by atoms with Crippen LogP contribution in [0.2, 0.25) is 0 Å². The van der Waals surface area contributed by atoms with Gasteiger partial charge in [-0.1, -0.05) is 18.2 Å². The lowest BCUT2D eigenvalue weighted by Crippen LogP contribution is -2.37. The van der Waals surface area contributed by atoms with Gasteiger partial charge in [0.1, 0.15) is 18.5 Å². The number of ether oxygens (including phenoxy) is 3. The first-order valence-electron chi connectivity index (χ1n) is 9.77. The SMILES string of the molecule is CC(OCC1CCCO1)C(=O)NC(C)c1ccc(OCc2cccnc2)cc1. The highest BCUT2D eigenvalue weighted by Gasteiger charge is 2.21. The van der Waals surface area contributed by atoms with Gasteiger partial charge in [0, 0.05) is 24.6 Å². The molecule has 1 aromatic carbocycles. The lowest BCUT2D eigenvalue weighted by atomic mass is 10.1. The molecule has 1 aromatic heterocycles. The number of pyridine rings is 1. The number of aromatic nitrogens is 1. The van der Waals surface area contributed by atoms with E-state index in [2.05, 4.69) is 10.3 Å². The fourth-order valence-electron chi connectivity index (χ4n) is 3.02. The van der Waals surface area contributed by atoms with Crippen molar-refractivity contribution in [2.75, 3.05) is 13.2 Å². The average molecular weight is 384 g/mol. The predicted octanol–water partition coefficient (Wildman–Crippen LogP) is 3.42. The summed E-state index contributed by atoms with van der Waals surface area (Å²) in [5, 5.41) is 2.99. The summed E-state index contributed by atoms with van der Waals surface area (Å²) in [6.45, 7) is 5.45. The molecule has 1 saturated heterocycles. The highest BCUT2D eigenvalue weighted by atomic mass is 16.5. The highest BCUT2D eigenvalue weighted by molar-refractivity contribution is 5.80. The van der Waals surface area contributed by atoms with Crippen molar-refractivity contribution in [3.63, 3.8) is 0 Å². The molecule has 6 heteroatoms. The molecule has 2 aromatic rings. The summed E-state index contributed by atoms with van der Waals surface area (Å²) in [5.41, 5.74) is 2.03. The lowest BCUT2D eigenvalue weighted by molar-refractivity contribution is -0.134. The molecule has 3 unspecified atom stereocenters. The molecule has 0 radical (unpaired) electrons. The lowest BCUT2D eigenvalue weighted by Gasteiger charge is -2.20. The van der Waals surface area contributed by atoms with E-state index in [-0.39, 0.29) is 18.1 Å². The third-order valence-corrected chi connectivity index (χ3v) is 4.79. The quantitative estimate of drug-likeness (QED) is 0.717. The van der Waals surface area contributed by atoms with Gasteiger partial charge < -0.3 is 19.5 Å². The molecule has 2 heterocycles. The van der Waals surface area contributed by atoms with Crippen LogP contribution in [-0.4, -0.2) is 36.3 Å². The molecule has 150 valence electrons. The van der Waals surface area contributed by atoms with Crippen molar-refractivity contribution in [1.29, 1.82) is 0 Å². The minimum atomic E-state index is -0.506. The zero-order valence-corrected chi connectivity index (χ0v) is 16.5. The maximum atomic E-state index is 12.4. The Morgan fingerprint density at radius 1 is 1.29 bits per heavy atom. The van der Waals surface area contributed by atoms with Crippen molar-refractivity contribution in [1.82, 2.24) is 10.3 Å². The second kappa shape index (κ2) is 10.2. The van der Waals surface area contributed by atoms with Gasteiger partial charge in [-0.2, -0.15) is 0 Å². The van der Waals surface area contributed by atoms with E-state index in [0.29, 0.717) is 13.2 Å². The molecule has 1 N–H and O–H groups in total. The van der Waals surface area contributed by atoms with E-state index in [1.807, 2.05) is 43.3 Å². The molecule has 0 saturated carbocycles. The second-order valence-electron chi connectivity index (χ2n) is 7.06. The molecule has 6 nitrogen and oxygen atoms in total. The van der Waals surface area contributed by atoms with Gasteiger partial charge in [0.25, 0.3) is 0 Å². The number of hydrogen-bond donors (Lipinski definition) is 1. The molecule has 0 aliphatic carbocycles. The van der Waals surface area contributed by atoms with E-state index in [9.17, 15) is 4.79 Å². The van der Waals surface area contributed by atoms with Crippen LogP contribution in [0.5, 0.6) is 5.75 Å². The molecule has 1 aliphatic heterocycles. The summed E-state index contributed by atoms with van der Waals surface area (Å²) in [7, 11) is 0. The predicted molar refractivity (Wildman–Crippen MR) is 106 cm³/mol. The summed E-state index contributed by atoms with van der Waals surface area (Å²) in [6.07, 6.45) is 5.20. The highest BCUT2D eigenvalue weighted by Crippen LogP contribution is 2.19. The maximum absolute atomic E-state index is 12.4. The van der Waals surface area contributed by atoms with Gasteiger partial charge in [-0.3, -0.25) is 9.78 Å². The summed E-state index contributed by atoms with van der Waals surface area (Å²) < 4.78 is 16.9. The van der Waals surface area contributed by atoms with E-state index in [0.717, 1.165) is 36.3 Å². The van der Waals surface area contributed by atoms with Crippen molar-refractivity contribution in [2.45, 2.75) is 51.5 Å². The molecule has 1 fully saturated rings. The van der Waals surface area contributed by atoms with Crippen LogP contribution in [0.15, 0.2) is 48.8 Å². The first-order valence-corrected chi connectivity index (χ1v) is 9.77. The third kappa shape index (κ3) is 6.04. The van der Waals surface area contributed by atoms with Crippen LogP contribution >= 0.6 is 0 Å². The van der Waals surface area contributed by atoms with Gasteiger partial charge in [-0.05, 0) is 50.5 Å². The Labute approximate surface area is 166 Å². The monoisotopic (exact) mass is 384 g/mol. The van der Waals surface area contributed by atoms with Gasteiger partial charge in [-0.25, -0.2) is 0 Å². The normalized spacial score (nSPS) is 18.4. The number of carbonyl (C=O) groups excluding carboxylic acids is 1. The molecular weight excluding hydrogens is 356 g/mol. The Hall–Kier alpha value is -2.44. The molecule has 3 rings (SSSR count). The summed E-state index contributed by atoms with van der Waals surface area (Å²) in [5.74, 6) is 0.654. The number of nitrogens with zero attached hydrogens (tertiary/aromatic N) is 1. The van der Waals surface area contributed by atoms with Crippen LogP contribution in [0.3, 0.4) is 0 Å². The smallest absolute Gasteiger partial charge is 0.249 e. The first kappa shape index (κ1) is 20.3. The zero-order valence-electron chi connectivity index (χ0n) is 16.5. The van der Waals surface area contributed by atoms with Crippen molar-refractivity contribution in [3.8, 4) is 5.75 Å². The Morgan fingerprint density at radius 2 is 2.11 bits per heavy atom. The Kier molecular flexibility index (Phi) is 7.39. The summed E-state index contributed by atoms with van der Waals surface area (Å²) >= 11 is 0. The van der Waals surface area contributed by atoms with Gasteiger partial charge >= 0.3 is 0 Å². The molecule has 28 heavy (non-hydrogen) atoms. The van der Waals surface area contributed by atoms with Crippen molar-refractivity contribution in [2.24, 2.45) is 0 Å². The molecule has 3 atom stereocenters. The van der Waals surface area contributed by atoms with Crippen LogP contribution in [0.4, 0.5) is 0 Å². The fourth-order valence-corrected chi connectivity index (χ4v) is 3.02. The Morgan fingerprint density at radius 3 is 2.79 bits per heavy atom. The van der Waals surface area contributed by atoms with E-state index in [1.165, 1.54) is 0 Å². The minimum Gasteiger partial charge on any atom is -0.489 e. The minimum absolute atomic E-state index is 0.117. The van der Waals surface area contributed by atoms with Crippen LogP contribution in [-0.2, 0) is 20.9 Å². The number of hydrogen-bond acceptors (Lipinski definition) is 5. The summed E-state index contributed by atoms with van der Waals surface area (Å²) in [6, 6.07) is 11.5. The van der Waals surface area contributed by atoms with Crippen LogP contribution in [0.1, 0.15) is 43.9 Å². The summed E-state index contributed by atoms with van der Waals surface area (Å²) in [4.78, 5) is 16.4. The van der Waals surface area contributed by atoms with Gasteiger partial charge in [-0.15, -0.1) is 0 Å². The first-order chi connectivity index (χ1) is 13.6. The molecule has 1 amide bonds. The van der Waals surface area contributed by atoms with Crippen molar-refractivity contribution in [3.05, 3.63) is 59.9 Å². The Balaban J connectivity index is 1.44. The second-order valence-corrected chi connectivity index (χ2v) is 7.06. The van der Waals surface area contributed by atoms with Gasteiger partial charge in [0.2, 0.25) is 5.91 Å². The van der Waals surface area contributed by atoms with E-state index >= 15 is 0 Å². The Bertz CT molecular complexity index is 730. The van der Waals surface area contributed by atoms with Crippen LogP contribution in [0.25, 0.3) is 0 Å². The number of benzene rings is 1. The molecular formula is C22H28N2O4. The van der Waals surface area contributed by atoms with E-state index in [4.69, 9.17) is 14.2 Å². The number of amides is 1. The molecule has 1 aliphatic rings. The van der Waals surface area contributed by atoms with E-state index < -0.39 is 6.10 Å². The molecule has 0 spiro atoms. The van der Waals surface area contributed by atoms with Crippen LogP contribution < -0.4 is 10.1 Å². The largest absolute Gasteiger partial charge is 0.489 e. The van der Waals surface area contributed by atoms with Crippen LogP contribution in [0, 0.1) is 0 Å². The van der Waals surface area contributed by atoms with Gasteiger partial charge in [0.15, 0.2) is 0 Å². The average Bonchev–Trinajstić information content (AvgIpc) is 3.25. The van der Waals surface area contributed by atoms with Crippen molar-refractivity contribution >= 4 is 5.91 Å². The third-order valence-electron chi connectivity index (χ3n) is 4.79. The topological polar surface area (TPSA) is 69.7 Å². The number of rotatable bonds is 9. The van der Waals surface area contributed by atoms with Gasteiger partial charge in [0.05, 0.1) is 18.8 Å². The molecule has 0 bridgehead atoms. The fraction of sp³-hybridized carbons (Fsp3) is 0.455. The number of nitrogens with one attached hydrogen (secondary N) is 1. The standard InChI is InChI=1S/C22H28N2O4/c1-16(24-22(25)17(2)27-15-21-6-4-12-26-21)19-7-9-20(10-8-19)28-14-18-5-3-11-23-13-18/h3,5,7-11,13,16-17,21H,4,6,12,14-15H2,1-2H3,(H,24,25). The maximum Gasteiger partial charge on any atom is 0.249 e. The zero-order chi connectivity index (χ0) is 19.8. The van der Waals surface area contributed by atoms with E-state index in [1.54, 1.807) is 19.3 Å². The number of carbonyl (C=O) groups is 1.